The number of amides is 2. The van der Waals surface area contributed by atoms with Gasteiger partial charge in [-0.1, -0.05) is 0 Å². The van der Waals surface area contributed by atoms with Crippen LogP contribution in [0.2, 0.25) is 0 Å². The van der Waals surface area contributed by atoms with Crippen molar-refractivity contribution >= 4 is 17.7 Å². The van der Waals surface area contributed by atoms with Gasteiger partial charge in [0.05, 0.1) is 25.9 Å². The Kier molecular flexibility index (Phi) is 6.53. The average Bonchev–Trinajstić information content (AvgIpc) is 3.19. The largest absolute Gasteiger partial charge is 0.497 e. The van der Waals surface area contributed by atoms with Crippen LogP contribution >= 0.6 is 0 Å². The number of benzene rings is 2. The van der Waals surface area contributed by atoms with Crippen LogP contribution in [-0.2, 0) is 16.1 Å². The molecule has 1 aliphatic heterocycles. The molecule has 170 valence electrons. The highest BCUT2D eigenvalue weighted by Crippen LogP contribution is 2.28. The predicted molar refractivity (Wildman–Crippen MR) is 120 cm³/mol. The van der Waals surface area contributed by atoms with E-state index in [9.17, 15) is 14.0 Å². The lowest BCUT2D eigenvalue weighted by atomic mass is 10.1. The van der Waals surface area contributed by atoms with Gasteiger partial charge in [0.2, 0.25) is 5.91 Å². The van der Waals surface area contributed by atoms with Crippen LogP contribution in [0.15, 0.2) is 67.0 Å². The summed E-state index contributed by atoms with van der Waals surface area (Å²) in [5, 5.41) is 2.62. The Bertz CT molecular complexity index is 1150. The lowest BCUT2D eigenvalue weighted by molar-refractivity contribution is -0.688. The first-order valence-electron chi connectivity index (χ1n) is 10.6. The number of carbonyl (C=O) groups excluding carboxylic acids is 2. The summed E-state index contributed by atoms with van der Waals surface area (Å²) in [6.45, 7) is 2.54. The third-order valence-corrected chi connectivity index (χ3v) is 5.44. The minimum atomic E-state index is -0.559. The molecule has 1 fully saturated rings. The summed E-state index contributed by atoms with van der Waals surface area (Å²) >= 11 is 0. The van der Waals surface area contributed by atoms with Crippen LogP contribution in [0.25, 0.3) is 11.1 Å². The third kappa shape index (κ3) is 5.28. The minimum Gasteiger partial charge on any atom is -0.497 e. The van der Waals surface area contributed by atoms with Crippen molar-refractivity contribution < 1.29 is 28.0 Å². The molecule has 1 atom stereocenters. The zero-order valence-electron chi connectivity index (χ0n) is 18.5. The molecule has 7 nitrogen and oxygen atoms in total. The Labute approximate surface area is 191 Å². The van der Waals surface area contributed by atoms with Crippen LogP contribution in [0.5, 0.6) is 5.75 Å². The lowest BCUT2D eigenvalue weighted by Crippen LogP contribution is -2.33. The molecule has 0 aliphatic carbocycles. The van der Waals surface area contributed by atoms with E-state index in [4.69, 9.17) is 9.47 Å². The van der Waals surface area contributed by atoms with Gasteiger partial charge in [-0.25, -0.2) is 13.8 Å². The highest BCUT2D eigenvalue weighted by molar-refractivity contribution is 5.90. The fraction of sp³-hybridized carbons (Fsp3) is 0.240. The number of methoxy groups -OCH3 is 1. The number of carbonyl (C=O) groups is 2. The molecule has 2 heterocycles. The second kappa shape index (κ2) is 9.68. The highest BCUT2D eigenvalue weighted by atomic mass is 19.1. The molecule has 1 aromatic heterocycles. The Morgan fingerprint density at radius 2 is 1.91 bits per heavy atom. The Hall–Kier alpha value is -3.94. The third-order valence-electron chi connectivity index (χ3n) is 5.44. The molecule has 0 radical (unpaired) electrons. The van der Waals surface area contributed by atoms with Crippen LogP contribution in [0.4, 0.5) is 14.9 Å². The van der Waals surface area contributed by atoms with Crippen LogP contribution in [0.3, 0.4) is 0 Å². The zero-order valence-corrected chi connectivity index (χ0v) is 18.5. The van der Waals surface area contributed by atoms with Crippen LogP contribution in [0, 0.1) is 5.82 Å². The van der Waals surface area contributed by atoms with E-state index in [1.165, 1.54) is 17.9 Å². The average molecular weight is 450 g/mol. The van der Waals surface area contributed by atoms with Gasteiger partial charge in [-0.05, 0) is 48.0 Å². The van der Waals surface area contributed by atoms with Crippen molar-refractivity contribution in [2.75, 3.05) is 25.1 Å². The fourth-order valence-electron chi connectivity index (χ4n) is 3.69. The number of ether oxygens (including phenoxy) is 2. The van der Waals surface area contributed by atoms with Crippen molar-refractivity contribution in [1.29, 1.82) is 0 Å². The van der Waals surface area contributed by atoms with Crippen LogP contribution < -0.4 is 19.5 Å². The smallest absolute Gasteiger partial charge is 0.414 e. The molecule has 2 aromatic carbocycles. The normalized spacial score (nSPS) is 15.3. The number of aromatic nitrogens is 1. The van der Waals surface area contributed by atoms with Crippen LogP contribution in [-0.4, -0.2) is 38.3 Å². The van der Waals surface area contributed by atoms with Crippen molar-refractivity contribution in [1.82, 2.24) is 5.32 Å². The van der Waals surface area contributed by atoms with E-state index >= 15 is 0 Å². The summed E-state index contributed by atoms with van der Waals surface area (Å²) in [5.41, 5.74) is 2.71. The van der Waals surface area contributed by atoms with Gasteiger partial charge < -0.3 is 14.8 Å². The van der Waals surface area contributed by atoms with Gasteiger partial charge in [0.15, 0.2) is 18.9 Å². The van der Waals surface area contributed by atoms with Crippen molar-refractivity contribution in [3.8, 4) is 16.9 Å². The number of pyridine rings is 1. The van der Waals surface area contributed by atoms with Crippen LogP contribution in [0.1, 0.15) is 12.5 Å². The van der Waals surface area contributed by atoms with E-state index in [1.807, 2.05) is 53.4 Å². The fourth-order valence-corrected chi connectivity index (χ4v) is 3.69. The summed E-state index contributed by atoms with van der Waals surface area (Å²) in [6, 6.07) is 16.2. The maximum absolute atomic E-state index is 14.9. The van der Waals surface area contributed by atoms with Gasteiger partial charge >= 0.3 is 6.09 Å². The summed E-state index contributed by atoms with van der Waals surface area (Å²) in [6.07, 6.45) is 2.77. The first-order valence-corrected chi connectivity index (χ1v) is 10.6. The highest BCUT2D eigenvalue weighted by Gasteiger charge is 2.32. The molecule has 1 unspecified atom stereocenters. The second-order valence-electron chi connectivity index (χ2n) is 7.82. The van der Waals surface area contributed by atoms with Gasteiger partial charge in [-0.3, -0.25) is 9.69 Å². The van der Waals surface area contributed by atoms with Crippen molar-refractivity contribution in [2.24, 2.45) is 0 Å². The molecule has 2 amide bonds. The van der Waals surface area contributed by atoms with E-state index in [0.717, 1.165) is 16.9 Å². The molecular formula is C25H25FN3O4+. The zero-order chi connectivity index (χ0) is 23.4. The molecule has 0 bridgehead atoms. The molecule has 4 rings (SSSR count). The molecular weight excluding hydrogens is 425 g/mol. The first-order chi connectivity index (χ1) is 15.9. The maximum Gasteiger partial charge on any atom is 0.414 e. The Morgan fingerprint density at radius 1 is 1.18 bits per heavy atom. The molecule has 1 saturated heterocycles. The number of cyclic esters (lactones) is 1. The second-order valence-corrected chi connectivity index (χ2v) is 7.82. The number of rotatable bonds is 7. The van der Waals surface area contributed by atoms with Crippen molar-refractivity contribution in [3.05, 3.63) is 78.4 Å². The summed E-state index contributed by atoms with van der Waals surface area (Å²) in [4.78, 5) is 24.6. The first kappa shape index (κ1) is 22.3. The molecule has 0 saturated carbocycles. The topological polar surface area (TPSA) is 71.8 Å². The van der Waals surface area contributed by atoms with E-state index in [-0.39, 0.29) is 19.0 Å². The lowest BCUT2D eigenvalue weighted by Gasteiger charge is -2.14. The maximum atomic E-state index is 14.9. The molecule has 8 heteroatoms. The van der Waals surface area contributed by atoms with Gasteiger partial charge in [-0.2, -0.15) is 0 Å². The van der Waals surface area contributed by atoms with E-state index in [2.05, 4.69) is 5.32 Å². The van der Waals surface area contributed by atoms with Gasteiger partial charge in [0, 0.05) is 30.2 Å². The SMILES string of the molecule is COc1ccc(C[n+]2ccc(-c3ccc(N4CC(CNC(C)=O)OC4=O)cc3F)cc2)cc1. The molecule has 3 aromatic rings. The van der Waals surface area contributed by atoms with Crippen molar-refractivity contribution in [3.63, 3.8) is 0 Å². The number of nitrogens with one attached hydrogen (secondary N) is 1. The quantitative estimate of drug-likeness (QED) is 0.561. The van der Waals surface area contributed by atoms with E-state index in [0.29, 0.717) is 17.8 Å². The van der Waals surface area contributed by atoms with Crippen molar-refractivity contribution in [2.45, 2.75) is 19.6 Å². The van der Waals surface area contributed by atoms with E-state index < -0.39 is 18.0 Å². The number of anilines is 1. The summed E-state index contributed by atoms with van der Waals surface area (Å²) in [7, 11) is 1.63. The number of nitrogens with zero attached hydrogens (tertiary/aromatic N) is 2. The number of hydrogen-bond donors (Lipinski definition) is 1. The summed E-state index contributed by atoms with van der Waals surface area (Å²) in [5.74, 6) is 0.176. The molecule has 33 heavy (non-hydrogen) atoms. The predicted octanol–water partition coefficient (Wildman–Crippen LogP) is 3.30. The Morgan fingerprint density at radius 3 is 2.55 bits per heavy atom. The molecule has 0 spiro atoms. The molecule has 1 aliphatic rings. The molecule has 1 N–H and O–H groups in total. The Balaban J connectivity index is 1.44. The summed E-state index contributed by atoms with van der Waals surface area (Å²) < 4.78 is 27.4. The van der Waals surface area contributed by atoms with E-state index in [1.54, 1.807) is 19.2 Å². The number of hydrogen-bond acceptors (Lipinski definition) is 4. The standard InChI is InChI=1S/C25H24FN3O4/c1-17(30)27-14-22-16-29(25(31)33-22)20-5-8-23(24(26)13-20)19-9-11-28(12-10-19)15-18-3-6-21(32-2)7-4-18/h3-13,22H,14-16H2,1-2H3/p+1. The minimum absolute atomic E-state index is 0.201. The monoisotopic (exact) mass is 450 g/mol. The van der Waals surface area contributed by atoms with Gasteiger partial charge in [0.25, 0.3) is 0 Å². The van der Waals surface area contributed by atoms with Gasteiger partial charge in [0.1, 0.15) is 17.7 Å². The number of halogens is 1. The van der Waals surface area contributed by atoms with Gasteiger partial charge in [-0.15, -0.1) is 0 Å².